The highest BCUT2D eigenvalue weighted by Crippen LogP contribution is 2.56. The van der Waals surface area contributed by atoms with E-state index >= 15 is 0 Å². The Morgan fingerprint density at radius 1 is 1.08 bits per heavy atom. The molecule has 0 bridgehead atoms. The lowest BCUT2D eigenvalue weighted by Crippen LogP contribution is -2.65. The summed E-state index contributed by atoms with van der Waals surface area (Å²) in [6.07, 6.45) is 3.71. The molecule has 2 aliphatic carbocycles. The maximum absolute atomic E-state index is 12.4. The van der Waals surface area contributed by atoms with Gasteiger partial charge in [-0.15, -0.1) is 0 Å². The fraction of sp³-hybridized carbons (Fsp3) is 0.682. The number of likely N-dealkylation sites (tertiary alicyclic amines) is 1. The first kappa shape index (κ1) is 17.1. The molecule has 1 saturated heterocycles. The van der Waals surface area contributed by atoms with Gasteiger partial charge in [0.05, 0.1) is 5.60 Å². The van der Waals surface area contributed by atoms with Gasteiger partial charge < -0.3 is 10.0 Å². The van der Waals surface area contributed by atoms with Gasteiger partial charge in [-0.2, -0.15) is 0 Å². The molecular weight excluding hydrogens is 310 g/mol. The van der Waals surface area contributed by atoms with Crippen molar-refractivity contribution in [3.63, 3.8) is 0 Å². The highest BCUT2D eigenvalue weighted by atomic mass is 16.3. The first-order valence-corrected chi connectivity index (χ1v) is 9.69. The molecule has 1 heterocycles. The van der Waals surface area contributed by atoms with Gasteiger partial charge in [0.1, 0.15) is 0 Å². The van der Waals surface area contributed by atoms with Gasteiger partial charge in [0, 0.05) is 24.4 Å². The van der Waals surface area contributed by atoms with Crippen molar-refractivity contribution in [2.24, 2.45) is 11.3 Å². The summed E-state index contributed by atoms with van der Waals surface area (Å²) in [6, 6.07) is 9.16. The molecule has 1 aliphatic heterocycles. The van der Waals surface area contributed by atoms with E-state index in [2.05, 4.69) is 45.0 Å². The van der Waals surface area contributed by atoms with Crippen molar-refractivity contribution in [3.8, 4) is 0 Å². The standard InChI is InChI=1S/C22H31NO2/c1-20(2,3)18-7-5-15(6-8-18)16-11-22(12-16)13-23(14-22)19(24)17-9-21(4,25)10-17/h5-8,16-17,25H,9-14H2,1-4H3. The zero-order valence-electron chi connectivity index (χ0n) is 16.0. The smallest absolute Gasteiger partial charge is 0.225 e. The van der Waals surface area contributed by atoms with Crippen molar-refractivity contribution in [2.45, 2.75) is 70.3 Å². The number of benzene rings is 1. The molecule has 25 heavy (non-hydrogen) atoms. The minimum Gasteiger partial charge on any atom is -0.390 e. The molecule has 3 heteroatoms. The molecule has 1 spiro atoms. The number of amides is 1. The van der Waals surface area contributed by atoms with Crippen LogP contribution in [0.25, 0.3) is 0 Å². The van der Waals surface area contributed by atoms with Crippen LogP contribution in [0, 0.1) is 11.3 Å². The van der Waals surface area contributed by atoms with Crippen LogP contribution < -0.4 is 0 Å². The molecule has 1 aromatic rings. The summed E-state index contributed by atoms with van der Waals surface area (Å²) in [6.45, 7) is 10.4. The van der Waals surface area contributed by atoms with Crippen molar-refractivity contribution >= 4 is 5.91 Å². The lowest BCUT2D eigenvalue weighted by molar-refractivity contribution is -0.168. The average Bonchev–Trinajstić information content (AvgIpc) is 2.41. The SMILES string of the molecule is CC1(O)CC(C(=O)N2CC3(CC(c4ccc(C(C)(C)C)cc4)C3)C2)C1. The molecule has 1 aromatic carbocycles. The molecule has 1 N–H and O–H groups in total. The van der Waals surface area contributed by atoms with Crippen LogP contribution in [-0.2, 0) is 10.2 Å². The third-order valence-electron chi connectivity index (χ3n) is 6.69. The summed E-state index contributed by atoms with van der Waals surface area (Å²) in [7, 11) is 0. The van der Waals surface area contributed by atoms with E-state index in [4.69, 9.17) is 0 Å². The Bertz CT molecular complexity index is 661. The Kier molecular flexibility index (Phi) is 3.64. The van der Waals surface area contributed by atoms with E-state index in [1.54, 1.807) is 0 Å². The summed E-state index contributed by atoms with van der Waals surface area (Å²) in [5.74, 6) is 0.999. The molecule has 0 radical (unpaired) electrons. The molecular formula is C22H31NO2. The summed E-state index contributed by atoms with van der Waals surface area (Å²) < 4.78 is 0. The molecule has 0 atom stereocenters. The van der Waals surface area contributed by atoms with E-state index in [1.165, 1.54) is 24.0 Å². The zero-order valence-corrected chi connectivity index (χ0v) is 16.0. The van der Waals surface area contributed by atoms with Gasteiger partial charge in [0.2, 0.25) is 5.91 Å². The summed E-state index contributed by atoms with van der Waals surface area (Å²) >= 11 is 0. The van der Waals surface area contributed by atoms with Crippen molar-refractivity contribution in [3.05, 3.63) is 35.4 Å². The van der Waals surface area contributed by atoms with E-state index in [9.17, 15) is 9.90 Å². The zero-order chi connectivity index (χ0) is 18.0. The number of carbonyl (C=O) groups excluding carboxylic acids is 1. The Morgan fingerprint density at radius 3 is 2.12 bits per heavy atom. The molecule has 1 amide bonds. The number of aliphatic hydroxyl groups is 1. The number of hydrogen-bond donors (Lipinski definition) is 1. The van der Waals surface area contributed by atoms with Crippen molar-refractivity contribution < 1.29 is 9.90 Å². The summed E-state index contributed by atoms with van der Waals surface area (Å²) in [5.41, 5.74) is 2.83. The number of hydrogen-bond acceptors (Lipinski definition) is 2. The molecule has 4 rings (SSSR count). The predicted octanol–water partition coefficient (Wildman–Crippen LogP) is 3.85. The van der Waals surface area contributed by atoms with Gasteiger partial charge in [-0.05, 0) is 55.1 Å². The number of carbonyl (C=O) groups is 1. The highest BCUT2D eigenvalue weighted by molar-refractivity contribution is 5.81. The van der Waals surface area contributed by atoms with E-state index in [-0.39, 0.29) is 17.2 Å². The van der Waals surface area contributed by atoms with Crippen LogP contribution in [0.4, 0.5) is 0 Å². The fourth-order valence-electron chi connectivity index (χ4n) is 5.09. The Hall–Kier alpha value is -1.35. The topological polar surface area (TPSA) is 40.5 Å². The minimum atomic E-state index is -0.607. The van der Waals surface area contributed by atoms with Gasteiger partial charge in [0.25, 0.3) is 0 Å². The van der Waals surface area contributed by atoms with Gasteiger partial charge in [-0.3, -0.25) is 4.79 Å². The Morgan fingerprint density at radius 2 is 1.64 bits per heavy atom. The summed E-state index contributed by atoms with van der Waals surface area (Å²) in [5, 5.41) is 9.82. The Balaban J connectivity index is 1.28. The maximum Gasteiger partial charge on any atom is 0.225 e. The normalized spacial score (nSPS) is 31.2. The van der Waals surface area contributed by atoms with Gasteiger partial charge in [0.15, 0.2) is 0 Å². The fourth-order valence-corrected chi connectivity index (χ4v) is 5.09. The monoisotopic (exact) mass is 341 g/mol. The first-order valence-electron chi connectivity index (χ1n) is 9.69. The average molecular weight is 341 g/mol. The first-order chi connectivity index (χ1) is 11.6. The van der Waals surface area contributed by atoms with Gasteiger partial charge >= 0.3 is 0 Å². The molecule has 3 nitrogen and oxygen atoms in total. The van der Waals surface area contributed by atoms with Crippen LogP contribution in [0.5, 0.6) is 0 Å². The van der Waals surface area contributed by atoms with E-state index in [1.807, 2.05) is 11.8 Å². The molecule has 136 valence electrons. The molecule has 0 unspecified atom stereocenters. The van der Waals surface area contributed by atoms with E-state index < -0.39 is 5.60 Å². The van der Waals surface area contributed by atoms with Crippen molar-refractivity contribution in [1.29, 1.82) is 0 Å². The molecule has 3 aliphatic rings. The second-order valence-corrected chi connectivity index (χ2v) is 10.3. The number of nitrogens with zero attached hydrogens (tertiary/aromatic N) is 1. The molecule has 2 saturated carbocycles. The predicted molar refractivity (Wildman–Crippen MR) is 99.5 cm³/mol. The van der Waals surface area contributed by atoms with Crippen LogP contribution >= 0.6 is 0 Å². The highest BCUT2D eigenvalue weighted by Gasteiger charge is 2.55. The van der Waals surface area contributed by atoms with Crippen LogP contribution in [-0.4, -0.2) is 34.6 Å². The minimum absolute atomic E-state index is 0.0631. The van der Waals surface area contributed by atoms with E-state index in [0.717, 1.165) is 13.1 Å². The second-order valence-electron chi connectivity index (χ2n) is 10.3. The van der Waals surface area contributed by atoms with Crippen LogP contribution in [0.2, 0.25) is 0 Å². The van der Waals surface area contributed by atoms with Gasteiger partial charge in [-0.1, -0.05) is 45.0 Å². The van der Waals surface area contributed by atoms with Crippen LogP contribution in [0.15, 0.2) is 24.3 Å². The quantitative estimate of drug-likeness (QED) is 0.887. The van der Waals surface area contributed by atoms with Crippen molar-refractivity contribution in [2.75, 3.05) is 13.1 Å². The van der Waals surface area contributed by atoms with Crippen LogP contribution in [0.3, 0.4) is 0 Å². The number of rotatable bonds is 2. The van der Waals surface area contributed by atoms with Crippen molar-refractivity contribution in [1.82, 2.24) is 4.90 Å². The van der Waals surface area contributed by atoms with E-state index in [0.29, 0.717) is 24.2 Å². The lowest BCUT2D eigenvalue weighted by atomic mass is 9.55. The van der Waals surface area contributed by atoms with Gasteiger partial charge in [-0.25, -0.2) is 0 Å². The molecule has 0 aromatic heterocycles. The maximum atomic E-state index is 12.4. The Labute approximate surface area is 151 Å². The third-order valence-corrected chi connectivity index (χ3v) is 6.69. The summed E-state index contributed by atoms with van der Waals surface area (Å²) in [4.78, 5) is 14.4. The second kappa shape index (κ2) is 5.33. The molecule has 3 fully saturated rings. The van der Waals surface area contributed by atoms with Crippen LogP contribution in [0.1, 0.15) is 70.4 Å². The lowest BCUT2D eigenvalue weighted by Gasteiger charge is -2.60. The third kappa shape index (κ3) is 3.01. The largest absolute Gasteiger partial charge is 0.390 e.